The normalized spacial score (nSPS) is 18.8. The van der Waals surface area contributed by atoms with E-state index in [-0.39, 0.29) is 11.8 Å². The van der Waals surface area contributed by atoms with E-state index in [0.717, 1.165) is 18.4 Å². The number of aromatic nitrogens is 2. The third-order valence-electron chi connectivity index (χ3n) is 6.03. The third-order valence-corrected chi connectivity index (χ3v) is 6.03. The molecule has 154 valence electrons. The minimum absolute atomic E-state index is 0.0557. The first-order valence-electron chi connectivity index (χ1n) is 10.2. The number of benzene rings is 1. The first kappa shape index (κ1) is 19.6. The smallest absolute Gasteiger partial charge is 0.272 e. The van der Waals surface area contributed by atoms with Crippen molar-refractivity contribution in [2.45, 2.75) is 57.9 Å². The summed E-state index contributed by atoms with van der Waals surface area (Å²) in [5.74, 6) is -0.152. The number of nitrogens with zero attached hydrogens (tertiary/aromatic N) is 3. The number of carbonyl (C=O) groups excluding carboxylic acids is 2. The van der Waals surface area contributed by atoms with Crippen molar-refractivity contribution in [1.82, 2.24) is 20.0 Å². The summed E-state index contributed by atoms with van der Waals surface area (Å²) in [6.45, 7) is 7.59. The maximum absolute atomic E-state index is 12.9. The van der Waals surface area contributed by atoms with Gasteiger partial charge in [-0.3, -0.25) is 14.3 Å². The second kappa shape index (κ2) is 7.30. The number of amides is 2. The molecule has 2 heterocycles. The number of carbonyl (C=O) groups is 2. The Labute approximate surface area is 171 Å². The minimum atomic E-state index is -0.532. The fraction of sp³-hybridized carbons (Fsp3) is 0.500. The monoisotopic (exact) mass is 396 g/mol. The Hall–Kier alpha value is -2.67. The summed E-state index contributed by atoms with van der Waals surface area (Å²) in [5.41, 5.74) is 1.95. The van der Waals surface area contributed by atoms with Crippen molar-refractivity contribution in [1.29, 1.82) is 0 Å². The number of aryl methyl sites for hydroxylation is 2. The first-order valence-corrected chi connectivity index (χ1v) is 10.2. The second-order valence-electron chi connectivity index (χ2n) is 8.23. The van der Waals surface area contributed by atoms with E-state index < -0.39 is 11.1 Å². The van der Waals surface area contributed by atoms with Crippen molar-refractivity contribution in [3.05, 3.63) is 53.3 Å². The highest BCUT2D eigenvalue weighted by Crippen LogP contribution is 2.52. The molecule has 1 aliphatic heterocycles. The maximum Gasteiger partial charge on any atom is 0.272 e. The van der Waals surface area contributed by atoms with Crippen molar-refractivity contribution in [3.63, 3.8) is 0 Å². The molecule has 4 rings (SSSR count). The number of rotatable bonds is 7. The van der Waals surface area contributed by atoms with Gasteiger partial charge in [-0.2, -0.15) is 5.10 Å². The van der Waals surface area contributed by atoms with Gasteiger partial charge in [0.25, 0.3) is 5.91 Å². The highest BCUT2D eigenvalue weighted by molar-refractivity contribution is 5.93. The molecule has 0 radical (unpaired) electrons. The SMILES string of the molecule is CCn1nccc1C(=O)N1CC(NC(C)=O)(C2(OCc3cccc(C)c3)CC2)C1. The molecule has 1 aliphatic carbocycles. The molecule has 1 aromatic heterocycles. The average molecular weight is 396 g/mol. The van der Waals surface area contributed by atoms with Crippen LogP contribution in [0.1, 0.15) is 48.3 Å². The number of ether oxygens (including phenoxy) is 1. The van der Waals surface area contributed by atoms with Gasteiger partial charge in [0.15, 0.2) is 0 Å². The molecular formula is C22H28N4O3. The number of hydrogen-bond acceptors (Lipinski definition) is 4. The lowest BCUT2D eigenvalue weighted by Gasteiger charge is -2.54. The van der Waals surface area contributed by atoms with Gasteiger partial charge in [-0.1, -0.05) is 29.8 Å². The van der Waals surface area contributed by atoms with Gasteiger partial charge in [0.1, 0.15) is 11.2 Å². The molecule has 0 bridgehead atoms. The average Bonchev–Trinajstić information content (AvgIpc) is 3.30. The fourth-order valence-electron chi connectivity index (χ4n) is 4.39. The molecule has 0 atom stereocenters. The van der Waals surface area contributed by atoms with Crippen LogP contribution < -0.4 is 5.32 Å². The molecule has 2 aromatic rings. The molecule has 7 heteroatoms. The van der Waals surface area contributed by atoms with Crippen LogP contribution in [0.15, 0.2) is 36.5 Å². The van der Waals surface area contributed by atoms with Gasteiger partial charge in [0, 0.05) is 32.8 Å². The lowest BCUT2D eigenvalue weighted by atomic mass is 9.81. The summed E-state index contributed by atoms with van der Waals surface area (Å²) in [6.07, 6.45) is 3.41. The molecular weight excluding hydrogens is 368 g/mol. The Morgan fingerprint density at radius 1 is 1.24 bits per heavy atom. The minimum Gasteiger partial charge on any atom is -0.368 e. The fourth-order valence-corrected chi connectivity index (χ4v) is 4.39. The highest BCUT2D eigenvalue weighted by Gasteiger charge is 2.67. The number of likely N-dealkylation sites (tertiary alicyclic amines) is 1. The summed E-state index contributed by atoms with van der Waals surface area (Å²) in [6, 6.07) is 10.00. The topological polar surface area (TPSA) is 76.5 Å². The van der Waals surface area contributed by atoms with Gasteiger partial charge in [-0.15, -0.1) is 0 Å². The van der Waals surface area contributed by atoms with Crippen LogP contribution >= 0.6 is 0 Å². The van der Waals surface area contributed by atoms with Crippen LogP contribution in [-0.4, -0.2) is 50.7 Å². The van der Waals surface area contributed by atoms with Crippen molar-refractivity contribution in [2.24, 2.45) is 0 Å². The van der Waals surface area contributed by atoms with Crippen molar-refractivity contribution in [3.8, 4) is 0 Å². The molecule has 1 saturated carbocycles. The van der Waals surface area contributed by atoms with Crippen LogP contribution in [0.5, 0.6) is 0 Å². The zero-order valence-corrected chi connectivity index (χ0v) is 17.3. The third kappa shape index (κ3) is 3.55. The molecule has 2 aliphatic rings. The predicted octanol–water partition coefficient (Wildman–Crippen LogP) is 2.29. The van der Waals surface area contributed by atoms with Gasteiger partial charge in [0.2, 0.25) is 5.91 Å². The van der Waals surface area contributed by atoms with Gasteiger partial charge >= 0.3 is 0 Å². The molecule has 7 nitrogen and oxygen atoms in total. The summed E-state index contributed by atoms with van der Waals surface area (Å²) in [7, 11) is 0. The molecule has 29 heavy (non-hydrogen) atoms. The van der Waals surface area contributed by atoms with Crippen LogP contribution in [0.3, 0.4) is 0 Å². The van der Waals surface area contributed by atoms with E-state index in [1.807, 2.05) is 13.0 Å². The Morgan fingerprint density at radius 3 is 2.62 bits per heavy atom. The summed E-state index contributed by atoms with van der Waals surface area (Å²) < 4.78 is 8.08. The molecule has 0 spiro atoms. The quantitative estimate of drug-likeness (QED) is 0.779. The van der Waals surface area contributed by atoms with E-state index in [2.05, 4.69) is 35.5 Å². The van der Waals surface area contributed by atoms with Crippen LogP contribution in [-0.2, 0) is 22.7 Å². The highest BCUT2D eigenvalue weighted by atomic mass is 16.5. The van der Waals surface area contributed by atoms with Gasteiger partial charge in [0.05, 0.1) is 12.2 Å². The molecule has 1 aromatic carbocycles. The van der Waals surface area contributed by atoms with E-state index in [9.17, 15) is 9.59 Å². The molecule has 2 amide bonds. The van der Waals surface area contributed by atoms with Crippen LogP contribution in [0.25, 0.3) is 0 Å². The second-order valence-corrected chi connectivity index (χ2v) is 8.23. The molecule has 2 fully saturated rings. The van der Waals surface area contributed by atoms with Crippen LogP contribution in [0.2, 0.25) is 0 Å². The van der Waals surface area contributed by atoms with E-state index >= 15 is 0 Å². The summed E-state index contributed by atoms with van der Waals surface area (Å²) in [5, 5.41) is 7.31. The number of nitrogens with one attached hydrogen (secondary N) is 1. The van der Waals surface area contributed by atoms with Crippen LogP contribution in [0.4, 0.5) is 0 Å². The first-order chi connectivity index (χ1) is 13.9. The van der Waals surface area contributed by atoms with E-state index in [4.69, 9.17) is 4.74 Å². The number of hydrogen-bond donors (Lipinski definition) is 1. The Balaban J connectivity index is 1.48. The Kier molecular flexibility index (Phi) is 4.94. The lowest BCUT2D eigenvalue weighted by molar-refractivity contribution is -0.135. The van der Waals surface area contributed by atoms with Crippen LogP contribution in [0, 0.1) is 6.92 Å². The maximum atomic E-state index is 12.9. The van der Waals surface area contributed by atoms with Gasteiger partial charge < -0.3 is 15.0 Å². The van der Waals surface area contributed by atoms with Crippen molar-refractivity contribution >= 4 is 11.8 Å². The molecule has 0 unspecified atom stereocenters. The van der Waals surface area contributed by atoms with Gasteiger partial charge in [-0.05, 0) is 38.3 Å². The summed E-state index contributed by atoms with van der Waals surface area (Å²) in [4.78, 5) is 26.7. The van der Waals surface area contributed by atoms with Crippen molar-refractivity contribution in [2.75, 3.05) is 13.1 Å². The standard InChI is InChI=1S/C22H28N4O3/c1-4-26-19(8-11-23-26)20(28)25-14-21(15-25,24-17(3)27)22(9-10-22)29-13-18-7-5-6-16(2)12-18/h5-8,11-12H,4,9-10,13-15H2,1-3H3,(H,24,27). The Bertz CT molecular complexity index is 926. The largest absolute Gasteiger partial charge is 0.368 e. The van der Waals surface area contributed by atoms with Crippen molar-refractivity contribution < 1.29 is 14.3 Å². The summed E-state index contributed by atoms with van der Waals surface area (Å²) >= 11 is 0. The molecule has 1 N–H and O–H groups in total. The zero-order chi connectivity index (χ0) is 20.6. The lowest BCUT2D eigenvalue weighted by Crippen LogP contribution is -2.77. The predicted molar refractivity (Wildman–Crippen MR) is 108 cm³/mol. The van der Waals surface area contributed by atoms with E-state index in [1.54, 1.807) is 21.8 Å². The zero-order valence-electron chi connectivity index (χ0n) is 17.3. The van der Waals surface area contributed by atoms with Gasteiger partial charge in [-0.25, -0.2) is 0 Å². The van der Waals surface area contributed by atoms with E-state index in [1.165, 1.54) is 12.5 Å². The Morgan fingerprint density at radius 2 is 2.00 bits per heavy atom. The van der Waals surface area contributed by atoms with E-state index in [0.29, 0.717) is 31.9 Å². The molecule has 1 saturated heterocycles.